The highest BCUT2D eigenvalue weighted by Gasteiger charge is 2.42. The average Bonchev–Trinajstić information content (AvgIpc) is 2.79. The Kier molecular flexibility index (Phi) is 6.90. The van der Waals surface area contributed by atoms with E-state index in [4.69, 9.17) is 0 Å². The lowest BCUT2D eigenvalue weighted by atomic mass is 10.1. The number of halogens is 4. The topological polar surface area (TPSA) is 50.2 Å². The fourth-order valence-corrected chi connectivity index (χ4v) is 1.87. The zero-order valence-corrected chi connectivity index (χ0v) is 14.1. The fraction of sp³-hybridized carbons (Fsp3) is 0.692. The molecule has 1 amide bonds. The molecular formula is C13H22ClF3N4O. The van der Waals surface area contributed by atoms with Crippen LogP contribution in [0.5, 0.6) is 0 Å². The van der Waals surface area contributed by atoms with Gasteiger partial charge in [0.25, 0.3) is 5.91 Å². The average molecular weight is 343 g/mol. The molecule has 1 aromatic heterocycles. The summed E-state index contributed by atoms with van der Waals surface area (Å²) in [6.45, 7) is 5.63. The number of aromatic nitrogens is 2. The number of rotatable bonds is 4. The smallest absolute Gasteiger partial charge is 0.340 e. The summed E-state index contributed by atoms with van der Waals surface area (Å²) < 4.78 is 40.8. The Bertz CT molecular complexity index is 508. The van der Waals surface area contributed by atoms with Crippen molar-refractivity contribution in [1.29, 1.82) is 0 Å². The number of nitrogens with one attached hydrogen (secondary N) is 1. The van der Waals surface area contributed by atoms with Gasteiger partial charge in [0.05, 0.1) is 17.3 Å². The predicted molar refractivity (Wildman–Crippen MR) is 80.4 cm³/mol. The van der Waals surface area contributed by atoms with Crippen molar-refractivity contribution in [3.8, 4) is 0 Å². The number of amides is 1. The number of carbonyl (C=O) groups excluding carboxylic acids is 1. The molecule has 22 heavy (non-hydrogen) atoms. The van der Waals surface area contributed by atoms with Gasteiger partial charge in [-0.2, -0.15) is 18.3 Å². The third kappa shape index (κ3) is 4.61. The largest absolute Gasteiger partial charge is 0.433 e. The molecular weight excluding hydrogens is 321 g/mol. The number of nitrogens with zero attached hydrogens (tertiary/aromatic N) is 3. The van der Waals surface area contributed by atoms with E-state index in [1.807, 2.05) is 0 Å². The third-order valence-electron chi connectivity index (χ3n) is 2.95. The van der Waals surface area contributed by atoms with Crippen LogP contribution in [0.15, 0.2) is 6.20 Å². The molecule has 1 aromatic rings. The van der Waals surface area contributed by atoms with Gasteiger partial charge in [0.1, 0.15) is 0 Å². The van der Waals surface area contributed by atoms with Crippen molar-refractivity contribution >= 4 is 18.3 Å². The van der Waals surface area contributed by atoms with Crippen molar-refractivity contribution < 1.29 is 18.0 Å². The van der Waals surface area contributed by atoms with E-state index < -0.39 is 28.9 Å². The second-order valence-corrected chi connectivity index (χ2v) is 5.82. The van der Waals surface area contributed by atoms with Crippen molar-refractivity contribution in [1.82, 2.24) is 20.0 Å². The molecule has 0 saturated heterocycles. The molecule has 0 bridgehead atoms. The van der Waals surface area contributed by atoms with Crippen molar-refractivity contribution in [3.05, 3.63) is 17.5 Å². The molecule has 1 N–H and O–H groups in total. The highest BCUT2D eigenvalue weighted by Crippen LogP contribution is 2.35. The van der Waals surface area contributed by atoms with E-state index in [2.05, 4.69) is 10.4 Å². The maximum absolute atomic E-state index is 13.3. The monoisotopic (exact) mass is 342 g/mol. The first-order valence-corrected chi connectivity index (χ1v) is 6.56. The Morgan fingerprint density at radius 3 is 2.32 bits per heavy atom. The lowest BCUT2D eigenvalue weighted by Crippen LogP contribution is -2.35. The van der Waals surface area contributed by atoms with Crippen molar-refractivity contribution in [2.24, 2.45) is 0 Å². The first-order chi connectivity index (χ1) is 9.50. The van der Waals surface area contributed by atoms with Gasteiger partial charge in [-0.05, 0) is 27.8 Å². The molecule has 0 radical (unpaired) electrons. The summed E-state index contributed by atoms with van der Waals surface area (Å²) in [6, 6.07) is 0. The van der Waals surface area contributed by atoms with E-state index in [1.165, 1.54) is 11.9 Å². The predicted octanol–water partition coefficient (Wildman–Crippen LogP) is 2.37. The molecule has 0 aliphatic rings. The first-order valence-electron chi connectivity index (χ1n) is 6.56. The molecule has 128 valence electrons. The number of likely N-dealkylation sites (N-methyl/N-ethyl adjacent to an activating group) is 2. The van der Waals surface area contributed by atoms with Gasteiger partial charge in [-0.25, -0.2) is 0 Å². The Morgan fingerprint density at radius 2 is 1.91 bits per heavy atom. The molecule has 1 rings (SSSR count). The van der Waals surface area contributed by atoms with Crippen LogP contribution < -0.4 is 5.32 Å². The van der Waals surface area contributed by atoms with Crippen LogP contribution in [0.1, 0.15) is 36.8 Å². The molecule has 0 atom stereocenters. The SMILES string of the molecule is CNCCN(C)C(=O)c1cnn(C(C)(C)C)c1C(F)(F)F.Cl. The number of hydrogen-bond donors (Lipinski definition) is 1. The van der Waals surface area contributed by atoms with Crippen molar-refractivity contribution in [3.63, 3.8) is 0 Å². The molecule has 9 heteroatoms. The van der Waals surface area contributed by atoms with Gasteiger partial charge in [0.15, 0.2) is 5.69 Å². The molecule has 0 fully saturated rings. The molecule has 0 spiro atoms. The summed E-state index contributed by atoms with van der Waals surface area (Å²) in [4.78, 5) is 13.4. The number of alkyl halides is 3. The summed E-state index contributed by atoms with van der Waals surface area (Å²) in [6.07, 6.45) is -3.65. The molecule has 0 aromatic carbocycles. The van der Waals surface area contributed by atoms with Crippen LogP contribution in [0.2, 0.25) is 0 Å². The highest BCUT2D eigenvalue weighted by molar-refractivity contribution is 5.95. The van der Waals surface area contributed by atoms with E-state index in [0.717, 1.165) is 10.9 Å². The molecule has 0 aliphatic heterocycles. The summed E-state index contributed by atoms with van der Waals surface area (Å²) in [7, 11) is 3.17. The zero-order valence-electron chi connectivity index (χ0n) is 13.3. The van der Waals surface area contributed by atoms with Crippen LogP contribution in [-0.2, 0) is 11.7 Å². The Morgan fingerprint density at radius 1 is 1.36 bits per heavy atom. The van der Waals surface area contributed by atoms with Crippen LogP contribution >= 0.6 is 12.4 Å². The van der Waals surface area contributed by atoms with Crippen molar-refractivity contribution in [2.75, 3.05) is 27.2 Å². The van der Waals surface area contributed by atoms with Crippen LogP contribution in [-0.4, -0.2) is 47.8 Å². The van der Waals surface area contributed by atoms with Gasteiger partial charge >= 0.3 is 6.18 Å². The maximum Gasteiger partial charge on any atom is 0.433 e. The second-order valence-electron chi connectivity index (χ2n) is 5.82. The van der Waals surface area contributed by atoms with Gasteiger partial charge < -0.3 is 10.2 Å². The van der Waals surface area contributed by atoms with E-state index in [9.17, 15) is 18.0 Å². The maximum atomic E-state index is 13.3. The van der Waals surface area contributed by atoms with Gasteiger partial charge in [0, 0.05) is 20.1 Å². The molecule has 5 nitrogen and oxygen atoms in total. The van der Waals surface area contributed by atoms with Crippen LogP contribution in [0.4, 0.5) is 13.2 Å². The summed E-state index contributed by atoms with van der Waals surface area (Å²) in [5.74, 6) is -0.687. The Hall–Kier alpha value is -1.28. The minimum absolute atomic E-state index is 0. The van der Waals surface area contributed by atoms with E-state index in [1.54, 1.807) is 27.8 Å². The highest BCUT2D eigenvalue weighted by atomic mass is 35.5. The van der Waals surface area contributed by atoms with Gasteiger partial charge in [-0.15, -0.1) is 12.4 Å². The Balaban J connectivity index is 0.00000441. The molecule has 0 aliphatic carbocycles. The summed E-state index contributed by atoms with van der Waals surface area (Å²) >= 11 is 0. The normalized spacial score (nSPS) is 12.0. The van der Waals surface area contributed by atoms with Crippen LogP contribution in [0.25, 0.3) is 0 Å². The van der Waals surface area contributed by atoms with Crippen LogP contribution in [0.3, 0.4) is 0 Å². The van der Waals surface area contributed by atoms with Gasteiger partial charge in [-0.1, -0.05) is 0 Å². The third-order valence-corrected chi connectivity index (χ3v) is 2.95. The van der Waals surface area contributed by atoms with Gasteiger partial charge in [0.2, 0.25) is 0 Å². The Labute approximate surface area is 134 Å². The minimum atomic E-state index is -4.64. The summed E-state index contributed by atoms with van der Waals surface area (Å²) in [5, 5.41) is 6.61. The summed E-state index contributed by atoms with van der Waals surface area (Å²) in [5.41, 5.74) is -2.29. The molecule has 1 heterocycles. The number of hydrogen-bond acceptors (Lipinski definition) is 3. The van der Waals surface area contributed by atoms with E-state index in [-0.39, 0.29) is 12.4 Å². The quantitative estimate of drug-likeness (QED) is 0.914. The zero-order chi connectivity index (χ0) is 16.4. The minimum Gasteiger partial charge on any atom is -0.340 e. The fourth-order valence-electron chi connectivity index (χ4n) is 1.87. The standard InChI is InChI=1S/C13H21F3N4O.ClH/c1-12(2,3)20-10(13(14,15)16)9(8-18-20)11(21)19(5)7-6-17-4;/h8,17H,6-7H2,1-5H3;1H. The lowest BCUT2D eigenvalue weighted by molar-refractivity contribution is -0.146. The first kappa shape index (κ1) is 20.7. The van der Waals surface area contributed by atoms with E-state index in [0.29, 0.717) is 13.1 Å². The number of carbonyl (C=O) groups is 1. The van der Waals surface area contributed by atoms with Crippen LogP contribution in [0, 0.1) is 0 Å². The van der Waals surface area contributed by atoms with Crippen molar-refractivity contribution in [2.45, 2.75) is 32.5 Å². The second kappa shape index (κ2) is 7.32. The van der Waals surface area contributed by atoms with Gasteiger partial charge in [-0.3, -0.25) is 9.48 Å². The lowest BCUT2D eigenvalue weighted by Gasteiger charge is -2.24. The van der Waals surface area contributed by atoms with E-state index >= 15 is 0 Å². The molecule has 0 unspecified atom stereocenters. The molecule has 0 saturated carbocycles.